The lowest BCUT2D eigenvalue weighted by Crippen LogP contribution is -2.13. The Labute approximate surface area is 84.1 Å². The molecule has 0 atom stereocenters. The lowest BCUT2D eigenvalue weighted by Gasteiger charge is -1.99. The molecule has 1 rings (SSSR count). The predicted octanol–water partition coefficient (Wildman–Crippen LogP) is 1.27. The summed E-state index contributed by atoms with van der Waals surface area (Å²) in [5.41, 5.74) is 0. The maximum absolute atomic E-state index is 8.76. The molecule has 0 radical (unpaired) electrons. The van der Waals surface area contributed by atoms with Crippen molar-refractivity contribution in [2.24, 2.45) is 0 Å². The highest BCUT2D eigenvalue weighted by Crippen LogP contribution is 2.06. The van der Waals surface area contributed by atoms with Crippen LogP contribution in [0.5, 0.6) is 0 Å². The molecule has 0 aliphatic carbocycles. The quantitative estimate of drug-likeness (QED) is 0.528. The monoisotopic (exact) mass is 193 g/mol. The summed E-state index contributed by atoms with van der Waals surface area (Å²) in [4.78, 5) is 0. The molecular weight excluding hydrogens is 178 g/mol. The fraction of sp³-hybridized carbons (Fsp3) is 0.455. The van der Waals surface area contributed by atoms with E-state index >= 15 is 0 Å². The van der Waals surface area contributed by atoms with E-state index in [4.69, 9.17) is 15.9 Å². The van der Waals surface area contributed by atoms with Gasteiger partial charge in [-0.25, -0.2) is 0 Å². The van der Waals surface area contributed by atoms with Gasteiger partial charge in [0.2, 0.25) is 0 Å². The van der Waals surface area contributed by atoms with Crippen molar-refractivity contribution < 1.29 is 9.52 Å². The molecule has 1 heterocycles. The third-order valence-electron chi connectivity index (χ3n) is 1.85. The molecular formula is C11H15NO2. The van der Waals surface area contributed by atoms with Crippen molar-refractivity contribution in [2.45, 2.75) is 26.0 Å². The third-order valence-corrected chi connectivity index (χ3v) is 1.85. The Balaban J connectivity index is 2.15. The lowest BCUT2D eigenvalue weighted by atomic mass is 10.3. The number of terminal acetylenes is 1. The van der Waals surface area contributed by atoms with Gasteiger partial charge >= 0.3 is 0 Å². The highest BCUT2D eigenvalue weighted by molar-refractivity contribution is 5.05. The Morgan fingerprint density at radius 2 is 2.21 bits per heavy atom. The Kier molecular flexibility index (Phi) is 4.84. The third kappa shape index (κ3) is 3.65. The maximum Gasteiger partial charge on any atom is 0.129 e. The van der Waals surface area contributed by atoms with Gasteiger partial charge in [-0.2, -0.15) is 0 Å². The van der Waals surface area contributed by atoms with Gasteiger partial charge in [-0.15, -0.1) is 12.3 Å². The molecule has 0 aromatic carbocycles. The molecule has 1 aromatic heterocycles. The van der Waals surface area contributed by atoms with Gasteiger partial charge < -0.3 is 14.8 Å². The van der Waals surface area contributed by atoms with Crippen LogP contribution in [0.2, 0.25) is 0 Å². The van der Waals surface area contributed by atoms with Crippen molar-refractivity contribution in [1.82, 2.24) is 5.32 Å². The molecule has 3 nitrogen and oxygen atoms in total. The van der Waals surface area contributed by atoms with Gasteiger partial charge in [0.1, 0.15) is 18.1 Å². The zero-order valence-corrected chi connectivity index (χ0v) is 8.12. The molecule has 0 spiro atoms. The summed E-state index contributed by atoms with van der Waals surface area (Å²) in [6.07, 6.45) is 6.89. The largest absolute Gasteiger partial charge is 0.462 e. The van der Waals surface area contributed by atoms with Crippen LogP contribution < -0.4 is 5.32 Å². The van der Waals surface area contributed by atoms with E-state index in [2.05, 4.69) is 11.2 Å². The van der Waals surface area contributed by atoms with Gasteiger partial charge in [0, 0.05) is 6.42 Å². The molecule has 0 fully saturated rings. The summed E-state index contributed by atoms with van der Waals surface area (Å²) >= 11 is 0. The number of aliphatic hydroxyl groups excluding tert-OH is 1. The summed E-state index contributed by atoms with van der Waals surface area (Å²) < 4.78 is 5.29. The van der Waals surface area contributed by atoms with Gasteiger partial charge in [-0.1, -0.05) is 0 Å². The Bertz CT molecular complexity index is 298. The number of hydrogen-bond donors (Lipinski definition) is 2. The van der Waals surface area contributed by atoms with Gasteiger partial charge in [-0.05, 0) is 25.1 Å². The summed E-state index contributed by atoms with van der Waals surface area (Å²) in [5, 5.41) is 12.0. The van der Waals surface area contributed by atoms with Crippen LogP contribution in [-0.4, -0.2) is 11.7 Å². The number of rotatable bonds is 6. The molecule has 2 N–H and O–H groups in total. The van der Waals surface area contributed by atoms with E-state index in [0.717, 1.165) is 25.1 Å². The standard InChI is InChI=1S/C11H15NO2/c1-2-3-4-7-12-8-10-5-6-11(9-13)14-10/h1,5-6,12-13H,3-4,7-9H2. The van der Waals surface area contributed by atoms with E-state index in [9.17, 15) is 0 Å². The van der Waals surface area contributed by atoms with Crippen molar-refractivity contribution in [3.63, 3.8) is 0 Å². The van der Waals surface area contributed by atoms with Crippen LogP contribution in [0.15, 0.2) is 16.5 Å². The molecule has 0 aliphatic rings. The smallest absolute Gasteiger partial charge is 0.129 e. The van der Waals surface area contributed by atoms with E-state index in [-0.39, 0.29) is 6.61 Å². The fourth-order valence-corrected chi connectivity index (χ4v) is 1.13. The first-order chi connectivity index (χ1) is 6.86. The van der Waals surface area contributed by atoms with Crippen LogP contribution in [0.1, 0.15) is 24.4 Å². The average Bonchev–Trinajstić information content (AvgIpc) is 2.65. The minimum Gasteiger partial charge on any atom is -0.462 e. The van der Waals surface area contributed by atoms with Gasteiger partial charge in [0.05, 0.1) is 6.54 Å². The molecule has 3 heteroatoms. The van der Waals surface area contributed by atoms with Crippen LogP contribution in [0.3, 0.4) is 0 Å². The van der Waals surface area contributed by atoms with Crippen molar-refractivity contribution >= 4 is 0 Å². The van der Waals surface area contributed by atoms with E-state index in [1.165, 1.54) is 0 Å². The van der Waals surface area contributed by atoms with Crippen molar-refractivity contribution in [1.29, 1.82) is 0 Å². The Morgan fingerprint density at radius 3 is 2.86 bits per heavy atom. The molecule has 0 saturated carbocycles. The van der Waals surface area contributed by atoms with Crippen LogP contribution in [0.4, 0.5) is 0 Å². The van der Waals surface area contributed by atoms with Gasteiger partial charge in [0.15, 0.2) is 0 Å². The van der Waals surface area contributed by atoms with Gasteiger partial charge in [-0.3, -0.25) is 0 Å². The Morgan fingerprint density at radius 1 is 1.43 bits per heavy atom. The fourth-order valence-electron chi connectivity index (χ4n) is 1.13. The lowest BCUT2D eigenvalue weighted by molar-refractivity contribution is 0.243. The van der Waals surface area contributed by atoms with Crippen LogP contribution in [0.25, 0.3) is 0 Å². The van der Waals surface area contributed by atoms with E-state index < -0.39 is 0 Å². The summed E-state index contributed by atoms with van der Waals surface area (Å²) in [5.74, 6) is 4.03. The highest BCUT2D eigenvalue weighted by atomic mass is 16.4. The Hall–Kier alpha value is -1.24. The van der Waals surface area contributed by atoms with Crippen molar-refractivity contribution in [2.75, 3.05) is 6.54 Å². The van der Waals surface area contributed by atoms with Crippen LogP contribution in [0, 0.1) is 12.3 Å². The van der Waals surface area contributed by atoms with E-state index in [1.54, 1.807) is 6.07 Å². The van der Waals surface area contributed by atoms with Crippen molar-refractivity contribution in [3.05, 3.63) is 23.7 Å². The SMILES string of the molecule is C#CCCCNCc1ccc(CO)o1. The zero-order chi connectivity index (χ0) is 10.2. The molecule has 14 heavy (non-hydrogen) atoms. The number of hydrogen-bond acceptors (Lipinski definition) is 3. The number of unbranched alkanes of at least 4 members (excludes halogenated alkanes) is 1. The number of furan rings is 1. The first kappa shape index (κ1) is 10.8. The molecule has 0 unspecified atom stereocenters. The molecule has 76 valence electrons. The topological polar surface area (TPSA) is 45.4 Å². The first-order valence-electron chi connectivity index (χ1n) is 4.69. The minimum absolute atomic E-state index is 0.0446. The highest BCUT2D eigenvalue weighted by Gasteiger charge is 1.99. The van der Waals surface area contributed by atoms with Gasteiger partial charge in [0.25, 0.3) is 0 Å². The number of nitrogens with one attached hydrogen (secondary N) is 1. The first-order valence-corrected chi connectivity index (χ1v) is 4.69. The second kappa shape index (κ2) is 6.25. The normalized spacial score (nSPS) is 10.0. The van der Waals surface area contributed by atoms with E-state index in [0.29, 0.717) is 12.3 Å². The molecule has 0 saturated heterocycles. The molecule has 0 amide bonds. The molecule has 0 bridgehead atoms. The summed E-state index contributed by atoms with van der Waals surface area (Å²) in [6.45, 7) is 1.53. The molecule has 0 aliphatic heterocycles. The summed E-state index contributed by atoms with van der Waals surface area (Å²) in [7, 11) is 0. The maximum atomic E-state index is 8.76. The molecule has 1 aromatic rings. The van der Waals surface area contributed by atoms with Crippen molar-refractivity contribution in [3.8, 4) is 12.3 Å². The summed E-state index contributed by atoms with van der Waals surface area (Å²) in [6, 6.07) is 3.64. The number of aliphatic hydroxyl groups is 1. The second-order valence-corrected chi connectivity index (χ2v) is 3.01. The van der Waals surface area contributed by atoms with Crippen LogP contribution >= 0.6 is 0 Å². The van der Waals surface area contributed by atoms with E-state index in [1.807, 2.05) is 6.07 Å². The average molecular weight is 193 g/mol. The second-order valence-electron chi connectivity index (χ2n) is 3.01. The minimum atomic E-state index is -0.0446. The zero-order valence-electron chi connectivity index (χ0n) is 8.12. The van der Waals surface area contributed by atoms with Crippen LogP contribution in [-0.2, 0) is 13.2 Å². The predicted molar refractivity (Wildman–Crippen MR) is 54.4 cm³/mol.